The second-order valence-corrected chi connectivity index (χ2v) is 4.17. The summed E-state index contributed by atoms with van der Waals surface area (Å²) in [4.78, 5) is 22.2. The zero-order valence-corrected chi connectivity index (χ0v) is 8.62. The minimum Gasteiger partial charge on any atom is -0.481 e. The van der Waals surface area contributed by atoms with E-state index < -0.39 is 11.4 Å². The van der Waals surface area contributed by atoms with E-state index >= 15 is 0 Å². The van der Waals surface area contributed by atoms with Crippen molar-refractivity contribution >= 4 is 23.4 Å². The highest BCUT2D eigenvalue weighted by Crippen LogP contribution is 2.44. The lowest BCUT2D eigenvalue weighted by molar-refractivity contribution is -0.153. The van der Waals surface area contributed by atoms with E-state index in [2.05, 4.69) is 0 Å². The van der Waals surface area contributed by atoms with Crippen LogP contribution in [-0.2, 0) is 15.0 Å². The van der Waals surface area contributed by atoms with Gasteiger partial charge in [-0.25, -0.2) is 0 Å². The number of carbonyl (C=O) groups excluding carboxylic acids is 1. The largest absolute Gasteiger partial charge is 0.481 e. The van der Waals surface area contributed by atoms with Crippen LogP contribution in [0.2, 0.25) is 5.02 Å². The third-order valence-corrected chi connectivity index (χ3v) is 3.13. The van der Waals surface area contributed by atoms with Crippen LogP contribution in [0, 0.1) is 0 Å². The fourth-order valence-electron chi connectivity index (χ4n) is 1.93. The quantitative estimate of drug-likeness (QED) is 0.836. The second-order valence-electron chi connectivity index (χ2n) is 3.76. The molecule has 0 aliphatic heterocycles. The molecule has 0 saturated heterocycles. The molecule has 3 nitrogen and oxygen atoms in total. The Morgan fingerprint density at radius 2 is 1.93 bits per heavy atom. The first-order chi connectivity index (χ1) is 7.06. The average molecular weight is 225 g/mol. The van der Waals surface area contributed by atoms with Crippen LogP contribution < -0.4 is 0 Å². The molecule has 1 N–H and O–H groups in total. The standard InChI is InChI=1S/C11H9ClO3/c12-9-4-2-1-3-8(9)11(10(14)15)5-7(13)6-11/h1-4H,5-6H2,(H,14,15). The first kappa shape index (κ1) is 10.2. The molecule has 1 aromatic carbocycles. The number of halogens is 1. The summed E-state index contributed by atoms with van der Waals surface area (Å²) in [5.74, 6) is -1.01. The van der Waals surface area contributed by atoms with Gasteiger partial charge in [-0.3, -0.25) is 9.59 Å². The Labute approximate surface area is 91.7 Å². The van der Waals surface area contributed by atoms with Gasteiger partial charge in [0.05, 0.1) is 0 Å². The monoisotopic (exact) mass is 224 g/mol. The van der Waals surface area contributed by atoms with E-state index in [1.807, 2.05) is 0 Å². The van der Waals surface area contributed by atoms with E-state index in [-0.39, 0.29) is 18.6 Å². The molecule has 1 aromatic rings. The second kappa shape index (κ2) is 3.35. The van der Waals surface area contributed by atoms with Gasteiger partial charge in [-0.1, -0.05) is 29.8 Å². The zero-order chi connectivity index (χ0) is 11.1. The SMILES string of the molecule is O=C1CC(C(=O)O)(c2ccccc2Cl)C1. The molecular weight excluding hydrogens is 216 g/mol. The molecule has 0 spiro atoms. The van der Waals surface area contributed by atoms with E-state index in [0.717, 1.165) is 0 Å². The van der Waals surface area contributed by atoms with Crippen LogP contribution in [-0.4, -0.2) is 16.9 Å². The highest BCUT2D eigenvalue weighted by Gasteiger charge is 2.52. The van der Waals surface area contributed by atoms with E-state index in [4.69, 9.17) is 16.7 Å². The van der Waals surface area contributed by atoms with Crippen LogP contribution in [0.25, 0.3) is 0 Å². The molecule has 0 heterocycles. The van der Waals surface area contributed by atoms with Crippen molar-refractivity contribution in [2.24, 2.45) is 0 Å². The number of hydrogen-bond acceptors (Lipinski definition) is 2. The Morgan fingerprint density at radius 1 is 1.33 bits per heavy atom. The number of ketones is 1. The molecule has 1 aliphatic carbocycles. The number of carboxylic acid groups (broad SMARTS) is 1. The van der Waals surface area contributed by atoms with Crippen LogP contribution in [0.5, 0.6) is 0 Å². The Morgan fingerprint density at radius 3 is 2.40 bits per heavy atom. The van der Waals surface area contributed by atoms with Crippen LogP contribution in [0.4, 0.5) is 0 Å². The highest BCUT2D eigenvalue weighted by atomic mass is 35.5. The molecule has 1 saturated carbocycles. The van der Waals surface area contributed by atoms with Gasteiger partial charge in [0.25, 0.3) is 0 Å². The van der Waals surface area contributed by atoms with Gasteiger partial charge in [-0.2, -0.15) is 0 Å². The molecule has 78 valence electrons. The Hall–Kier alpha value is -1.35. The molecule has 1 fully saturated rings. The lowest BCUT2D eigenvalue weighted by Crippen LogP contribution is -2.48. The summed E-state index contributed by atoms with van der Waals surface area (Å²) in [5.41, 5.74) is -0.547. The van der Waals surface area contributed by atoms with Crippen LogP contribution in [0.3, 0.4) is 0 Å². The van der Waals surface area contributed by atoms with Crippen molar-refractivity contribution in [2.45, 2.75) is 18.3 Å². The number of carboxylic acids is 1. The number of aliphatic carboxylic acids is 1. The Bertz CT molecular complexity index is 431. The first-order valence-electron chi connectivity index (χ1n) is 4.56. The van der Waals surface area contributed by atoms with E-state index in [1.165, 1.54) is 0 Å². The molecular formula is C11H9ClO3. The minimum absolute atomic E-state index is 0.0303. The maximum atomic E-state index is 11.2. The van der Waals surface area contributed by atoms with Gasteiger partial charge in [0, 0.05) is 17.9 Å². The van der Waals surface area contributed by atoms with Gasteiger partial charge < -0.3 is 5.11 Å². The van der Waals surface area contributed by atoms with Crippen molar-refractivity contribution in [3.05, 3.63) is 34.9 Å². The van der Waals surface area contributed by atoms with Gasteiger partial charge in [-0.15, -0.1) is 0 Å². The highest BCUT2D eigenvalue weighted by molar-refractivity contribution is 6.32. The molecule has 1 aliphatic rings. The smallest absolute Gasteiger partial charge is 0.315 e. The topological polar surface area (TPSA) is 54.4 Å². The summed E-state index contributed by atoms with van der Waals surface area (Å²) in [7, 11) is 0. The van der Waals surface area contributed by atoms with Crippen molar-refractivity contribution in [3.8, 4) is 0 Å². The number of Topliss-reactive ketones (excluding diaryl/α,β-unsaturated/α-hetero) is 1. The Kier molecular flexibility index (Phi) is 2.27. The number of carbonyl (C=O) groups is 2. The summed E-state index contributed by atoms with van der Waals surface area (Å²) < 4.78 is 0. The predicted molar refractivity (Wildman–Crippen MR) is 55.0 cm³/mol. The predicted octanol–water partition coefficient (Wildman–Crippen LogP) is 2.03. The summed E-state index contributed by atoms with van der Waals surface area (Å²) in [6.07, 6.45) is 0.0954. The van der Waals surface area contributed by atoms with E-state index in [0.29, 0.717) is 10.6 Å². The maximum absolute atomic E-state index is 11.2. The molecule has 0 bridgehead atoms. The lowest BCUT2D eigenvalue weighted by Gasteiger charge is -2.37. The fraction of sp³-hybridized carbons (Fsp3) is 0.273. The number of hydrogen-bond donors (Lipinski definition) is 1. The molecule has 0 unspecified atom stereocenters. The van der Waals surface area contributed by atoms with Gasteiger partial charge in [0.2, 0.25) is 0 Å². The molecule has 0 atom stereocenters. The summed E-state index contributed by atoms with van der Waals surface area (Å²) in [6, 6.07) is 6.78. The molecule has 15 heavy (non-hydrogen) atoms. The fourth-order valence-corrected chi connectivity index (χ4v) is 2.24. The third-order valence-electron chi connectivity index (χ3n) is 2.80. The molecule has 0 radical (unpaired) electrons. The number of rotatable bonds is 2. The zero-order valence-electron chi connectivity index (χ0n) is 7.87. The lowest BCUT2D eigenvalue weighted by atomic mass is 9.63. The van der Waals surface area contributed by atoms with E-state index in [1.54, 1.807) is 24.3 Å². The molecule has 0 amide bonds. The van der Waals surface area contributed by atoms with Crippen LogP contribution in [0.15, 0.2) is 24.3 Å². The van der Waals surface area contributed by atoms with Crippen molar-refractivity contribution < 1.29 is 14.7 Å². The first-order valence-corrected chi connectivity index (χ1v) is 4.94. The number of benzene rings is 1. The van der Waals surface area contributed by atoms with Gasteiger partial charge in [0.15, 0.2) is 0 Å². The van der Waals surface area contributed by atoms with Gasteiger partial charge in [-0.05, 0) is 11.6 Å². The molecule has 4 heteroatoms. The average Bonchev–Trinajstić information content (AvgIpc) is 2.13. The minimum atomic E-state index is -1.09. The van der Waals surface area contributed by atoms with Crippen LogP contribution >= 0.6 is 11.6 Å². The normalized spacial score (nSPS) is 18.3. The van der Waals surface area contributed by atoms with Crippen molar-refractivity contribution in [1.82, 2.24) is 0 Å². The Balaban J connectivity index is 2.48. The summed E-state index contributed by atoms with van der Waals surface area (Å²) in [5, 5.41) is 9.58. The summed E-state index contributed by atoms with van der Waals surface area (Å²) in [6.45, 7) is 0. The summed E-state index contributed by atoms with van der Waals surface area (Å²) >= 11 is 5.94. The maximum Gasteiger partial charge on any atom is 0.315 e. The van der Waals surface area contributed by atoms with Crippen molar-refractivity contribution in [1.29, 1.82) is 0 Å². The van der Waals surface area contributed by atoms with Gasteiger partial charge in [0.1, 0.15) is 11.2 Å². The van der Waals surface area contributed by atoms with Crippen LogP contribution in [0.1, 0.15) is 18.4 Å². The van der Waals surface area contributed by atoms with E-state index in [9.17, 15) is 9.59 Å². The molecule has 2 rings (SSSR count). The van der Waals surface area contributed by atoms with Crippen molar-refractivity contribution in [3.63, 3.8) is 0 Å². The van der Waals surface area contributed by atoms with Crippen molar-refractivity contribution in [2.75, 3.05) is 0 Å². The molecule has 0 aromatic heterocycles. The van der Waals surface area contributed by atoms with Gasteiger partial charge >= 0.3 is 5.97 Å². The third kappa shape index (κ3) is 1.43.